The molecule has 2 rings (SSSR count). The summed E-state index contributed by atoms with van der Waals surface area (Å²) in [5.41, 5.74) is 1.90. The molecule has 0 amide bonds. The number of methoxy groups -OCH3 is 1. The van der Waals surface area contributed by atoms with E-state index < -0.39 is 0 Å². The van der Waals surface area contributed by atoms with Crippen molar-refractivity contribution in [2.75, 3.05) is 19.6 Å². The molecule has 2 aromatic rings. The molecular weight excluding hydrogens is 283 g/mol. The van der Waals surface area contributed by atoms with E-state index in [2.05, 4.69) is 16.5 Å². The lowest BCUT2D eigenvalue weighted by Gasteiger charge is -2.19. The van der Waals surface area contributed by atoms with Crippen molar-refractivity contribution in [1.29, 1.82) is 0 Å². The number of rotatable bonds is 6. The van der Waals surface area contributed by atoms with E-state index in [9.17, 15) is 0 Å². The van der Waals surface area contributed by atoms with Crippen molar-refractivity contribution in [2.24, 2.45) is 0 Å². The van der Waals surface area contributed by atoms with Gasteiger partial charge in [0.25, 0.3) is 0 Å². The van der Waals surface area contributed by atoms with Crippen molar-refractivity contribution < 1.29 is 4.74 Å². The van der Waals surface area contributed by atoms with Gasteiger partial charge in [0.15, 0.2) is 0 Å². The molecule has 1 atom stereocenters. The lowest BCUT2D eigenvalue weighted by atomic mass is 10.2. The van der Waals surface area contributed by atoms with Crippen LogP contribution in [0.4, 0.5) is 0 Å². The summed E-state index contributed by atoms with van der Waals surface area (Å²) in [5, 5.41) is 0.680. The number of nitrogens with zero attached hydrogens (tertiary/aromatic N) is 2. The van der Waals surface area contributed by atoms with E-state index in [0.29, 0.717) is 17.5 Å². The Hall–Kier alpha value is -0.770. The first-order chi connectivity index (χ1) is 9.22. The summed E-state index contributed by atoms with van der Waals surface area (Å²) in [5.74, 6) is 1.52. The number of alkyl halides is 1. The zero-order valence-electron chi connectivity index (χ0n) is 11.2. The molecule has 19 heavy (non-hydrogen) atoms. The highest BCUT2D eigenvalue weighted by Crippen LogP contribution is 2.28. The number of fused-ring (bicyclic) bond motifs is 1. The minimum Gasteiger partial charge on any atom is -0.383 e. The van der Waals surface area contributed by atoms with Crippen LogP contribution in [-0.4, -0.2) is 29.1 Å². The smallest absolute Gasteiger partial charge is 0.111 e. The maximum atomic E-state index is 6.23. The Bertz CT molecular complexity index is 554. The predicted molar refractivity (Wildman–Crippen MR) is 80.4 cm³/mol. The highest BCUT2D eigenvalue weighted by molar-refractivity contribution is 6.34. The molecule has 1 aromatic carbocycles. The van der Waals surface area contributed by atoms with Crippen molar-refractivity contribution in [1.82, 2.24) is 9.55 Å². The summed E-state index contributed by atoms with van der Waals surface area (Å²) in [6.07, 6.45) is 1.70. The number of imidazole rings is 1. The van der Waals surface area contributed by atoms with Gasteiger partial charge in [-0.05, 0) is 18.6 Å². The molecule has 5 heteroatoms. The number of halogens is 2. The van der Waals surface area contributed by atoms with Crippen LogP contribution in [0.1, 0.15) is 25.2 Å². The van der Waals surface area contributed by atoms with Gasteiger partial charge in [0, 0.05) is 19.4 Å². The van der Waals surface area contributed by atoms with Crippen LogP contribution in [0, 0.1) is 0 Å². The van der Waals surface area contributed by atoms with Crippen LogP contribution in [0.2, 0.25) is 5.02 Å². The first-order valence-electron chi connectivity index (χ1n) is 6.43. The quantitative estimate of drug-likeness (QED) is 0.752. The molecular formula is C14H18Cl2N2O. The van der Waals surface area contributed by atoms with E-state index >= 15 is 0 Å². The summed E-state index contributed by atoms with van der Waals surface area (Å²) in [7, 11) is 1.72. The molecule has 1 unspecified atom stereocenters. The van der Waals surface area contributed by atoms with E-state index in [0.717, 1.165) is 29.7 Å². The second kappa shape index (κ2) is 6.60. The van der Waals surface area contributed by atoms with Crippen LogP contribution in [-0.2, 0) is 11.2 Å². The van der Waals surface area contributed by atoms with Crippen molar-refractivity contribution in [3.05, 3.63) is 29.0 Å². The molecule has 1 heterocycles. The highest BCUT2D eigenvalue weighted by atomic mass is 35.5. The zero-order chi connectivity index (χ0) is 13.8. The van der Waals surface area contributed by atoms with Gasteiger partial charge in [-0.15, -0.1) is 11.6 Å². The Labute approximate surface area is 123 Å². The number of aryl methyl sites for hydroxylation is 1. The normalized spacial score (nSPS) is 13.1. The Kier molecular flexibility index (Phi) is 5.08. The Morgan fingerprint density at radius 2 is 2.21 bits per heavy atom. The van der Waals surface area contributed by atoms with Gasteiger partial charge < -0.3 is 9.30 Å². The van der Waals surface area contributed by atoms with Crippen LogP contribution >= 0.6 is 23.2 Å². The largest absolute Gasteiger partial charge is 0.383 e. The predicted octanol–water partition coefficient (Wildman–Crippen LogP) is 4.07. The zero-order valence-corrected chi connectivity index (χ0v) is 12.7. The molecule has 0 aliphatic rings. The highest BCUT2D eigenvalue weighted by Gasteiger charge is 2.18. The van der Waals surface area contributed by atoms with Gasteiger partial charge in [-0.2, -0.15) is 0 Å². The van der Waals surface area contributed by atoms with Crippen LogP contribution in [0.5, 0.6) is 0 Å². The summed E-state index contributed by atoms with van der Waals surface area (Å²) in [6.45, 7) is 2.80. The van der Waals surface area contributed by atoms with Crippen LogP contribution in [0.3, 0.4) is 0 Å². The van der Waals surface area contributed by atoms with E-state index in [1.54, 1.807) is 7.11 Å². The van der Waals surface area contributed by atoms with Crippen LogP contribution in [0.25, 0.3) is 11.0 Å². The molecule has 3 nitrogen and oxygen atoms in total. The Balaban J connectivity index is 2.60. The lowest BCUT2D eigenvalue weighted by Crippen LogP contribution is -2.16. The van der Waals surface area contributed by atoms with Crippen LogP contribution in [0.15, 0.2) is 18.2 Å². The molecule has 0 saturated carbocycles. The number of ether oxygens (including phenoxy) is 1. The second-order valence-corrected chi connectivity index (χ2v) is 5.25. The van der Waals surface area contributed by atoms with E-state index in [1.165, 1.54) is 0 Å². The van der Waals surface area contributed by atoms with Crippen molar-refractivity contribution >= 4 is 34.2 Å². The monoisotopic (exact) mass is 300 g/mol. The molecule has 104 valence electrons. The SMILES string of the molecule is CCC(COC)n1c(CCCl)nc2c(Cl)cccc21. The molecule has 0 saturated heterocycles. The van der Waals surface area contributed by atoms with Gasteiger partial charge >= 0.3 is 0 Å². The molecule has 0 radical (unpaired) electrons. The first-order valence-corrected chi connectivity index (χ1v) is 7.34. The second-order valence-electron chi connectivity index (χ2n) is 4.46. The molecule has 0 N–H and O–H groups in total. The number of aromatic nitrogens is 2. The maximum absolute atomic E-state index is 6.23. The summed E-state index contributed by atoms with van der Waals surface area (Å²) in [6, 6.07) is 6.12. The maximum Gasteiger partial charge on any atom is 0.111 e. The number of hydrogen-bond acceptors (Lipinski definition) is 2. The molecule has 0 fully saturated rings. The van der Waals surface area contributed by atoms with Gasteiger partial charge in [-0.3, -0.25) is 0 Å². The summed E-state index contributed by atoms with van der Waals surface area (Å²) >= 11 is 12.1. The third kappa shape index (κ3) is 2.88. The third-order valence-corrected chi connectivity index (χ3v) is 3.75. The standard InChI is InChI=1S/C14H18Cl2N2O/c1-3-10(9-19-2)18-12-6-4-5-11(16)14(12)17-13(18)7-8-15/h4-6,10H,3,7-9H2,1-2H3. The van der Waals surface area contributed by atoms with Gasteiger partial charge in [0.05, 0.1) is 23.2 Å². The molecule has 0 aliphatic carbocycles. The molecule has 0 aliphatic heterocycles. The number of hydrogen-bond donors (Lipinski definition) is 0. The van der Waals surface area contributed by atoms with Gasteiger partial charge in [0.2, 0.25) is 0 Å². The molecule has 0 spiro atoms. The minimum atomic E-state index is 0.256. The van der Waals surface area contributed by atoms with E-state index in [1.807, 2.05) is 18.2 Å². The molecule has 1 aromatic heterocycles. The van der Waals surface area contributed by atoms with E-state index in [-0.39, 0.29) is 6.04 Å². The fourth-order valence-electron chi connectivity index (χ4n) is 2.37. The Morgan fingerprint density at radius 1 is 1.42 bits per heavy atom. The number of benzene rings is 1. The number of para-hydroxylation sites is 1. The van der Waals surface area contributed by atoms with Gasteiger partial charge in [-0.25, -0.2) is 4.98 Å². The van der Waals surface area contributed by atoms with E-state index in [4.69, 9.17) is 27.9 Å². The average molecular weight is 301 g/mol. The summed E-state index contributed by atoms with van der Waals surface area (Å²) < 4.78 is 7.53. The lowest BCUT2D eigenvalue weighted by molar-refractivity contribution is 0.153. The minimum absolute atomic E-state index is 0.256. The summed E-state index contributed by atoms with van der Waals surface area (Å²) in [4.78, 5) is 4.64. The topological polar surface area (TPSA) is 27.1 Å². The van der Waals surface area contributed by atoms with Gasteiger partial charge in [0.1, 0.15) is 11.3 Å². The fourth-order valence-corrected chi connectivity index (χ4v) is 2.75. The van der Waals surface area contributed by atoms with Crippen LogP contribution < -0.4 is 0 Å². The van der Waals surface area contributed by atoms with Crippen molar-refractivity contribution in [2.45, 2.75) is 25.8 Å². The van der Waals surface area contributed by atoms with Crippen molar-refractivity contribution in [3.8, 4) is 0 Å². The average Bonchev–Trinajstić information content (AvgIpc) is 2.76. The third-order valence-electron chi connectivity index (χ3n) is 3.26. The van der Waals surface area contributed by atoms with Gasteiger partial charge in [-0.1, -0.05) is 24.6 Å². The Morgan fingerprint density at radius 3 is 2.84 bits per heavy atom. The first kappa shape index (κ1) is 14.6. The fraction of sp³-hybridized carbons (Fsp3) is 0.500. The van der Waals surface area contributed by atoms with Crippen molar-refractivity contribution in [3.63, 3.8) is 0 Å². The molecule has 0 bridgehead atoms.